The van der Waals surface area contributed by atoms with Gasteiger partial charge in [0.25, 0.3) is 0 Å². The van der Waals surface area contributed by atoms with Crippen LogP contribution in [0.15, 0.2) is 29.4 Å². The lowest BCUT2D eigenvalue weighted by Crippen LogP contribution is -2.09. The molecule has 2 rings (SSSR count). The predicted molar refractivity (Wildman–Crippen MR) is 61.5 cm³/mol. The average molecular weight is 250 g/mol. The van der Waals surface area contributed by atoms with Gasteiger partial charge in [-0.3, -0.25) is 9.00 Å². The van der Waals surface area contributed by atoms with E-state index in [1.807, 2.05) is 0 Å². The van der Waals surface area contributed by atoms with Gasteiger partial charge in [0.15, 0.2) is 5.78 Å². The van der Waals surface area contributed by atoms with Crippen molar-refractivity contribution in [3.8, 4) is 5.69 Å². The number of hydrogen-bond acceptors (Lipinski definition) is 5. The summed E-state index contributed by atoms with van der Waals surface area (Å²) in [6, 6.07) is 6.92. The van der Waals surface area contributed by atoms with Crippen molar-refractivity contribution in [1.82, 2.24) is 20.2 Å². The zero-order valence-electron chi connectivity index (χ0n) is 9.32. The zero-order chi connectivity index (χ0) is 12.4. The molecule has 0 bridgehead atoms. The summed E-state index contributed by atoms with van der Waals surface area (Å²) in [6.07, 6.45) is 1.48. The van der Waals surface area contributed by atoms with Crippen LogP contribution >= 0.6 is 0 Å². The van der Waals surface area contributed by atoms with Crippen LogP contribution in [0.1, 0.15) is 17.3 Å². The highest BCUT2D eigenvalue weighted by atomic mass is 32.2. The molecule has 1 aromatic carbocycles. The molecule has 0 N–H and O–H groups in total. The molecule has 6 nitrogen and oxygen atoms in total. The number of para-hydroxylation sites is 1. The van der Waals surface area contributed by atoms with Gasteiger partial charge < -0.3 is 0 Å². The second-order valence-electron chi connectivity index (χ2n) is 3.40. The maximum absolute atomic E-state index is 11.5. The van der Waals surface area contributed by atoms with Crippen molar-refractivity contribution in [3.63, 3.8) is 0 Å². The molecule has 1 aromatic heterocycles. The molecule has 88 valence electrons. The third kappa shape index (κ3) is 2.14. The van der Waals surface area contributed by atoms with E-state index in [0.29, 0.717) is 11.3 Å². The smallest absolute Gasteiger partial charge is 0.244 e. The van der Waals surface area contributed by atoms with Crippen molar-refractivity contribution in [3.05, 3.63) is 29.8 Å². The number of carbonyl (C=O) groups excluding carboxylic acids is 1. The number of Topliss-reactive ketones (excluding diaryl/α,β-unsaturated/α-hetero) is 1. The standard InChI is InChI=1S/C10H10N4O2S/c1-7(15)8-5-3-4-6-9(8)14-10(17(2)16)11-12-13-14/h3-6H,1-2H3. The van der Waals surface area contributed by atoms with Gasteiger partial charge in [-0.2, -0.15) is 4.68 Å². The molecule has 0 aliphatic carbocycles. The summed E-state index contributed by atoms with van der Waals surface area (Å²) in [7, 11) is -1.32. The van der Waals surface area contributed by atoms with Crippen LogP contribution in [0.2, 0.25) is 0 Å². The van der Waals surface area contributed by atoms with Crippen LogP contribution in [-0.2, 0) is 10.8 Å². The number of tetrazole rings is 1. The largest absolute Gasteiger partial charge is 0.294 e. The molecule has 0 aliphatic rings. The Morgan fingerprint density at radius 1 is 1.35 bits per heavy atom. The molecular weight excluding hydrogens is 240 g/mol. The fourth-order valence-electron chi connectivity index (χ4n) is 1.47. The Labute approximate surface area is 100 Å². The highest BCUT2D eigenvalue weighted by Crippen LogP contribution is 2.16. The normalized spacial score (nSPS) is 12.4. The zero-order valence-corrected chi connectivity index (χ0v) is 10.1. The quantitative estimate of drug-likeness (QED) is 0.745. The van der Waals surface area contributed by atoms with Crippen LogP contribution in [0.4, 0.5) is 0 Å². The Bertz CT molecular complexity index is 593. The maximum atomic E-state index is 11.5. The highest BCUT2D eigenvalue weighted by Gasteiger charge is 2.15. The van der Waals surface area contributed by atoms with Crippen LogP contribution in [0.3, 0.4) is 0 Å². The molecule has 1 heterocycles. The van der Waals surface area contributed by atoms with Crippen molar-refractivity contribution in [2.45, 2.75) is 12.1 Å². The minimum absolute atomic E-state index is 0.0936. The summed E-state index contributed by atoms with van der Waals surface area (Å²) in [4.78, 5) is 11.5. The molecule has 7 heteroatoms. The molecule has 2 aromatic rings. The van der Waals surface area contributed by atoms with E-state index in [1.54, 1.807) is 24.3 Å². The third-order valence-electron chi connectivity index (χ3n) is 2.21. The Morgan fingerprint density at radius 3 is 2.71 bits per heavy atom. The van der Waals surface area contributed by atoms with Gasteiger partial charge in [-0.15, -0.1) is 0 Å². The van der Waals surface area contributed by atoms with Gasteiger partial charge in [0, 0.05) is 11.8 Å². The topological polar surface area (TPSA) is 77.7 Å². The lowest BCUT2D eigenvalue weighted by Gasteiger charge is -2.06. The van der Waals surface area contributed by atoms with Crippen LogP contribution in [-0.4, -0.2) is 36.5 Å². The highest BCUT2D eigenvalue weighted by molar-refractivity contribution is 7.84. The van der Waals surface area contributed by atoms with Crippen molar-refractivity contribution in [2.75, 3.05) is 6.26 Å². The second-order valence-corrected chi connectivity index (χ2v) is 4.67. The first-order chi connectivity index (χ1) is 8.11. The summed E-state index contributed by atoms with van der Waals surface area (Å²) < 4.78 is 12.8. The monoisotopic (exact) mass is 250 g/mol. The molecule has 0 saturated carbocycles. The number of carbonyl (C=O) groups is 1. The van der Waals surface area contributed by atoms with Gasteiger partial charge in [0.2, 0.25) is 5.16 Å². The molecule has 1 atom stereocenters. The van der Waals surface area contributed by atoms with Crippen LogP contribution in [0, 0.1) is 0 Å². The fraction of sp³-hybridized carbons (Fsp3) is 0.200. The molecule has 0 fully saturated rings. The Hall–Kier alpha value is -1.89. The van der Waals surface area contributed by atoms with Crippen molar-refractivity contribution in [1.29, 1.82) is 0 Å². The number of nitrogens with zero attached hydrogens (tertiary/aromatic N) is 4. The summed E-state index contributed by atoms with van der Waals surface area (Å²) in [5.74, 6) is -0.0936. The van der Waals surface area contributed by atoms with Gasteiger partial charge in [0.05, 0.1) is 16.5 Å². The first-order valence-electron chi connectivity index (χ1n) is 4.83. The van der Waals surface area contributed by atoms with E-state index >= 15 is 0 Å². The van der Waals surface area contributed by atoms with E-state index in [0.717, 1.165) is 0 Å². The number of aromatic nitrogens is 4. The van der Waals surface area contributed by atoms with E-state index in [-0.39, 0.29) is 10.9 Å². The SMILES string of the molecule is CC(=O)c1ccccc1-n1nnnc1S(C)=O. The Morgan fingerprint density at radius 2 is 2.06 bits per heavy atom. The predicted octanol–water partition coefficient (Wildman–Crippen LogP) is 0.602. The van der Waals surface area contributed by atoms with Crippen LogP contribution in [0.25, 0.3) is 5.69 Å². The van der Waals surface area contributed by atoms with E-state index in [1.165, 1.54) is 17.9 Å². The van der Waals surface area contributed by atoms with E-state index in [2.05, 4.69) is 15.5 Å². The summed E-state index contributed by atoms with van der Waals surface area (Å²) in [5, 5.41) is 11.1. The summed E-state index contributed by atoms with van der Waals surface area (Å²) in [6.45, 7) is 1.46. The lowest BCUT2D eigenvalue weighted by molar-refractivity contribution is 0.101. The Balaban J connectivity index is 2.64. The molecule has 17 heavy (non-hydrogen) atoms. The third-order valence-corrected chi connectivity index (χ3v) is 2.98. The van der Waals surface area contributed by atoms with E-state index in [4.69, 9.17) is 0 Å². The molecule has 0 aliphatic heterocycles. The van der Waals surface area contributed by atoms with E-state index < -0.39 is 10.8 Å². The molecular formula is C10H10N4O2S. The van der Waals surface area contributed by atoms with E-state index in [9.17, 15) is 9.00 Å². The van der Waals surface area contributed by atoms with Gasteiger partial charge in [-0.1, -0.05) is 17.2 Å². The van der Waals surface area contributed by atoms with Crippen molar-refractivity contribution < 1.29 is 9.00 Å². The molecule has 0 amide bonds. The second kappa shape index (κ2) is 4.54. The summed E-state index contributed by atoms with van der Waals surface area (Å²) in [5.41, 5.74) is 1.03. The fourth-order valence-corrected chi connectivity index (χ4v) is 2.00. The van der Waals surface area contributed by atoms with Gasteiger partial charge in [-0.05, 0) is 29.5 Å². The van der Waals surface area contributed by atoms with Crippen LogP contribution < -0.4 is 0 Å². The number of hydrogen-bond donors (Lipinski definition) is 0. The first-order valence-corrected chi connectivity index (χ1v) is 6.39. The van der Waals surface area contributed by atoms with Gasteiger partial charge in [0.1, 0.15) is 0 Å². The van der Waals surface area contributed by atoms with Gasteiger partial charge in [-0.25, -0.2) is 0 Å². The summed E-state index contributed by atoms with van der Waals surface area (Å²) >= 11 is 0. The van der Waals surface area contributed by atoms with Crippen LogP contribution in [0.5, 0.6) is 0 Å². The van der Waals surface area contributed by atoms with Gasteiger partial charge >= 0.3 is 0 Å². The first kappa shape index (κ1) is 11.6. The molecule has 0 radical (unpaired) electrons. The van der Waals surface area contributed by atoms with Crippen molar-refractivity contribution in [2.24, 2.45) is 0 Å². The number of ketones is 1. The minimum Gasteiger partial charge on any atom is -0.294 e. The van der Waals surface area contributed by atoms with Crippen molar-refractivity contribution >= 4 is 16.6 Å². The number of rotatable bonds is 3. The number of benzene rings is 1. The lowest BCUT2D eigenvalue weighted by atomic mass is 10.1. The molecule has 0 saturated heterocycles. The molecule has 1 unspecified atom stereocenters. The Kier molecular flexibility index (Phi) is 3.10. The molecule has 0 spiro atoms. The maximum Gasteiger partial charge on any atom is 0.244 e. The average Bonchev–Trinajstić information content (AvgIpc) is 2.77. The minimum atomic E-state index is -1.32.